The molecule has 0 spiro atoms. The molecule has 0 atom stereocenters. The molecule has 3 rings (SSSR count). The van der Waals surface area contributed by atoms with E-state index < -0.39 is 0 Å². The zero-order valence-electron chi connectivity index (χ0n) is 13.4. The SMILES string of the molecule is CN(c1ncccn1)c1ccc(CNCCc2ccc(F)cc2)s1. The van der Waals surface area contributed by atoms with Crippen LogP contribution in [0.5, 0.6) is 0 Å². The molecule has 3 aromatic rings. The zero-order chi connectivity index (χ0) is 16.8. The standard InChI is InChI=1S/C18H19FN4S/c1-23(18-21-10-2-11-22-18)17-8-7-16(24-17)13-20-12-9-14-3-5-15(19)6-4-14/h2-8,10-11,20H,9,12-13H2,1H3. The Morgan fingerprint density at radius 2 is 1.83 bits per heavy atom. The van der Waals surface area contributed by atoms with Gasteiger partial charge < -0.3 is 10.2 Å². The molecule has 0 aliphatic rings. The molecule has 0 bridgehead atoms. The molecule has 24 heavy (non-hydrogen) atoms. The van der Waals surface area contributed by atoms with Gasteiger partial charge in [-0.05, 0) is 48.9 Å². The van der Waals surface area contributed by atoms with Crippen LogP contribution in [0.4, 0.5) is 15.3 Å². The maximum Gasteiger partial charge on any atom is 0.230 e. The van der Waals surface area contributed by atoms with Crippen LogP contribution in [-0.2, 0) is 13.0 Å². The van der Waals surface area contributed by atoms with Crippen molar-refractivity contribution in [3.05, 3.63) is 71.1 Å². The molecular weight excluding hydrogens is 323 g/mol. The largest absolute Gasteiger partial charge is 0.312 e. The molecule has 1 N–H and O–H groups in total. The van der Waals surface area contributed by atoms with Crippen molar-refractivity contribution in [3.8, 4) is 0 Å². The van der Waals surface area contributed by atoms with Crippen molar-refractivity contribution in [1.29, 1.82) is 0 Å². The van der Waals surface area contributed by atoms with Crippen LogP contribution in [0.1, 0.15) is 10.4 Å². The van der Waals surface area contributed by atoms with Gasteiger partial charge in [0, 0.05) is 30.9 Å². The number of benzene rings is 1. The Kier molecular flexibility index (Phi) is 5.51. The fourth-order valence-electron chi connectivity index (χ4n) is 2.30. The van der Waals surface area contributed by atoms with E-state index in [1.807, 2.05) is 30.1 Å². The quantitative estimate of drug-likeness (QED) is 0.664. The first kappa shape index (κ1) is 16.5. The molecule has 4 nitrogen and oxygen atoms in total. The van der Waals surface area contributed by atoms with Gasteiger partial charge in [0.05, 0.1) is 5.00 Å². The number of anilines is 2. The highest BCUT2D eigenvalue weighted by Gasteiger charge is 2.09. The van der Waals surface area contributed by atoms with Crippen LogP contribution in [0.2, 0.25) is 0 Å². The summed E-state index contributed by atoms with van der Waals surface area (Å²) in [6, 6.07) is 12.7. The molecule has 124 valence electrons. The minimum absolute atomic E-state index is 0.190. The van der Waals surface area contributed by atoms with Crippen molar-refractivity contribution in [3.63, 3.8) is 0 Å². The van der Waals surface area contributed by atoms with Gasteiger partial charge in [0.1, 0.15) is 5.82 Å². The maximum atomic E-state index is 12.9. The first-order valence-electron chi connectivity index (χ1n) is 7.77. The Labute approximate surface area is 145 Å². The number of nitrogens with one attached hydrogen (secondary N) is 1. The lowest BCUT2D eigenvalue weighted by Gasteiger charge is -2.13. The number of aromatic nitrogens is 2. The molecule has 0 fully saturated rings. The van der Waals surface area contributed by atoms with Crippen LogP contribution in [0, 0.1) is 5.82 Å². The molecule has 2 heterocycles. The Hall–Kier alpha value is -2.31. The molecule has 6 heteroatoms. The molecule has 0 saturated carbocycles. The summed E-state index contributed by atoms with van der Waals surface area (Å²) in [4.78, 5) is 11.8. The first-order chi connectivity index (χ1) is 11.7. The van der Waals surface area contributed by atoms with Gasteiger partial charge in [-0.15, -0.1) is 11.3 Å². The molecule has 0 aliphatic carbocycles. The van der Waals surface area contributed by atoms with Crippen LogP contribution in [-0.4, -0.2) is 23.6 Å². The van der Waals surface area contributed by atoms with E-state index in [1.165, 1.54) is 17.0 Å². The van der Waals surface area contributed by atoms with Gasteiger partial charge in [-0.1, -0.05) is 12.1 Å². The van der Waals surface area contributed by atoms with Crippen molar-refractivity contribution in [2.75, 3.05) is 18.5 Å². The molecule has 0 amide bonds. The van der Waals surface area contributed by atoms with E-state index >= 15 is 0 Å². The second-order valence-electron chi connectivity index (χ2n) is 5.40. The summed E-state index contributed by atoms with van der Waals surface area (Å²) in [5.41, 5.74) is 1.14. The Balaban J connectivity index is 1.48. The molecule has 1 aromatic carbocycles. The first-order valence-corrected chi connectivity index (χ1v) is 8.58. The van der Waals surface area contributed by atoms with Gasteiger partial charge in [-0.2, -0.15) is 0 Å². The highest BCUT2D eigenvalue weighted by atomic mass is 32.1. The van der Waals surface area contributed by atoms with Gasteiger partial charge in [-0.25, -0.2) is 14.4 Å². The maximum absolute atomic E-state index is 12.9. The summed E-state index contributed by atoms with van der Waals surface area (Å²) >= 11 is 1.72. The van der Waals surface area contributed by atoms with E-state index in [4.69, 9.17) is 0 Å². The fourth-order valence-corrected chi connectivity index (χ4v) is 3.23. The predicted molar refractivity (Wildman–Crippen MR) is 96.2 cm³/mol. The van der Waals surface area contributed by atoms with E-state index in [9.17, 15) is 4.39 Å². The molecule has 0 aliphatic heterocycles. The van der Waals surface area contributed by atoms with Gasteiger partial charge >= 0.3 is 0 Å². The van der Waals surface area contributed by atoms with E-state index in [1.54, 1.807) is 23.7 Å². The van der Waals surface area contributed by atoms with E-state index in [0.717, 1.165) is 30.1 Å². The minimum atomic E-state index is -0.190. The summed E-state index contributed by atoms with van der Waals surface area (Å²) in [5.74, 6) is 0.500. The Morgan fingerprint density at radius 1 is 1.08 bits per heavy atom. The topological polar surface area (TPSA) is 41.1 Å². The molecule has 0 unspecified atom stereocenters. The number of hydrogen-bond acceptors (Lipinski definition) is 5. The average Bonchev–Trinajstić information content (AvgIpc) is 3.09. The number of halogens is 1. The number of thiophene rings is 1. The van der Waals surface area contributed by atoms with E-state index in [0.29, 0.717) is 5.95 Å². The molecule has 0 saturated heterocycles. The summed E-state index contributed by atoms with van der Waals surface area (Å²) in [7, 11) is 1.97. The van der Waals surface area contributed by atoms with Crippen molar-refractivity contribution >= 4 is 22.3 Å². The Morgan fingerprint density at radius 3 is 2.58 bits per heavy atom. The van der Waals surface area contributed by atoms with Gasteiger partial charge in [0.2, 0.25) is 5.95 Å². The minimum Gasteiger partial charge on any atom is -0.312 e. The summed E-state index contributed by atoms with van der Waals surface area (Å²) in [6.07, 6.45) is 4.37. The lowest BCUT2D eigenvalue weighted by molar-refractivity contribution is 0.626. The molecule has 0 radical (unpaired) electrons. The van der Waals surface area contributed by atoms with Crippen LogP contribution in [0.15, 0.2) is 54.9 Å². The summed E-state index contributed by atoms with van der Waals surface area (Å²) in [6.45, 7) is 1.67. The van der Waals surface area contributed by atoms with Crippen LogP contribution >= 0.6 is 11.3 Å². The van der Waals surface area contributed by atoms with Gasteiger partial charge in [-0.3, -0.25) is 0 Å². The smallest absolute Gasteiger partial charge is 0.230 e. The zero-order valence-corrected chi connectivity index (χ0v) is 14.3. The van der Waals surface area contributed by atoms with E-state index in [2.05, 4.69) is 27.4 Å². The van der Waals surface area contributed by atoms with Gasteiger partial charge in [0.15, 0.2) is 0 Å². The third-order valence-electron chi connectivity index (χ3n) is 3.63. The van der Waals surface area contributed by atoms with E-state index in [-0.39, 0.29) is 5.82 Å². The second kappa shape index (κ2) is 7.99. The molecular formula is C18H19FN4S. The monoisotopic (exact) mass is 342 g/mol. The second-order valence-corrected chi connectivity index (χ2v) is 6.55. The third kappa shape index (κ3) is 4.37. The van der Waals surface area contributed by atoms with Crippen LogP contribution in [0.25, 0.3) is 0 Å². The lowest BCUT2D eigenvalue weighted by atomic mass is 10.1. The number of rotatable bonds is 7. The summed E-state index contributed by atoms with van der Waals surface area (Å²) < 4.78 is 12.9. The highest BCUT2D eigenvalue weighted by molar-refractivity contribution is 7.16. The van der Waals surface area contributed by atoms with Crippen molar-refractivity contribution < 1.29 is 4.39 Å². The number of nitrogens with zero attached hydrogens (tertiary/aromatic N) is 3. The number of hydrogen-bond donors (Lipinski definition) is 1. The van der Waals surface area contributed by atoms with Crippen LogP contribution < -0.4 is 10.2 Å². The highest BCUT2D eigenvalue weighted by Crippen LogP contribution is 2.28. The molecule has 2 aromatic heterocycles. The lowest BCUT2D eigenvalue weighted by Crippen LogP contribution is -2.16. The normalized spacial score (nSPS) is 10.8. The van der Waals surface area contributed by atoms with Crippen LogP contribution in [0.3, 0.4) is 0 Å². The third-order valence-corrected chi connectivity index (χ3v) is 4.79. The fraction of sp³-hybridized carbons (Fsp3) is 0.222. The predicted octanol–water partition coefficient (Wildman–Crippen LogP) is 3.78. The van der Waals surface area contributed by atoms with Crippen molar-refractivity contribution in [2.24, 2.45) is 0 Å². The van der Waals surface area contributed by atoms with Crippen molar-refractivity contribution in [1.82, 2.24) is 15.3 Å². The van der Waals surface area contributed by atoms with Gasteiger partial charge in [0.25, 0.3) is 0 Å². The Bertz CT molecular complexity index is 758. The summed E-state index contributed by atoms with van der Waals surface area (Å²) in [5, 5.41) is 4.53. The average molecular weight is 342 g/mol. The van der Waals surface area contributed by atoms with Crippen molar-refractivity contribution in [2.45, 2.75) is 13.0 Å².